The van der Waals surface area contributed by atoms with Gasteiger partial charge < -0.3 is 68.7 Å². The predicted octanol–water partition coefficient (Wildman–Crippen LogP) is 4.71. The molecule has 0 amide bonds. The average Bonchev–Trinajstić information content (AvgIpc) is 2.56. The summed E-state index contributed by atoms with van der Waals surface area (Å²) < 4.78 is 0. The Morgan fingerprint density at radius 3 is 1.71 bits per heavy atom. The van der Waals surface area contributed by atoms with Crippen molar-refractivity contribution in [3.05, 3.63) is 107 Å². The van der Waals surface area contributed by atoms with Crippen LogP contribution in [0.5, 0.6) is 0 Å². The molecule has 10 rings (SSSR count). The number of halogens is 1. The van der Waals surface area contributed by atoms with E-state index in [9.17, 15) is 19.9 Å². The number of carbonyl (C=O) groups is 2. The summed E-state index contributed by atoms with van der Waals surface area (Å²) >= 11 is 0. The molecule has 5 heterocycles. The van der Waals surface area contributed by atoms with Gasteiger partial charge in [-0.2, -0.15) is 10.5 Å². The van der Waals surface area contributed by atoms with Crippen LogP contribution in [0, 0.1) is 58.8 Å². The Labute approximate surface area is 546 Å². The van der Waals surface area contributed by atoms with Gasteiger partial charge in [0.25, 0.3) is 0 Å². The molecule has 10 N–H and O–H groups in total. The normalized spacial score (nSPS) is 23.5. The Morgan fingerprint density at radius 2 is 1.21 bits per heavy atom. The zero-order valence-corrected chi connectivity index (χ0v) is 54.6. The van der Waals surface area contributed by atoms with Crippen LogP contribution in [0.15, 0.2) is 72.8 Å². The van der Waals surface area contributed by atoms with Gasteiger partial charge in [-0.15, -0.1) is 12.4 Å². The third-order valence-corrected chi connectivity index (χ3v) is 17.1. The molecule has 3 aromatic carbocycles. The quantitative estimate of drug-likeness (QED) is 0.0983. The number of carbonyl (C=O) groups excluding carboxylic acids is 1. The number of nitrogens with two attached hydrogens (primary N) is 1. The number of para-hydroxylation sites is 3. The van der Waals surface area contributed by atoms with E-state index in [4.69, 9.17) is 44.6 Å². The Balaban J connectivity index is 0.000000546. The number of aliphatic hydroxyl groups is 1. The van der Waals surface area contributed by atoms with Gasteiger partial charge in [0.15, 0.2) is 5.69 Å². The van der Waals surface area contributed by atoms with Gasteiger partial charge >= 0.3 is 49.6 Å². The minimum absolute atomic E-state index is 0. The summed E-state index contributed by atoms with van der Waals surface area (Å²) in [4.78, 5) is 32.2. The van der Waals surface area contributed by atoms with Gasteiger partial charge in [-0.1, -0.05) is 61.4 Å². The molecule has 23 heteroatoms. The van der Waals surface area contributed by atoms with Crippen LogP contribution in [0.3, 0.4) is 0 Å². The molecule has 5 atom stereocenters. The molecule has 0 spiro atoms. The number of benzene rings is 3. The molecule has 7 fully saturated rings. The molecule has 2 aliphatic carbocycles. The first-order chi connectivity index (χ1) is 40.3. The third-order valence-electron chi connectivity index (χ3n) is 17.1. The number of hydrogen-bond acceptors (Lipinski definition) is 16. The molecule has 3 radical (unpaired) electrons. The van der Waals surface area contributed by atoms with E-state index < -0.39 is 13.0 Å². The molecule has 0 bridgehead atoms. The monoisotopic (exact) mass is 1210 g/mol. The van der Waals surface area contributed by atoms with Crippen LogP contribution in [0.2, 0.25) is 13.6 Å². The predicted molar refractivity (Wildman–Crippen MR) is 345 cm³/mol. The number of carboxylic acids is 1. The van der Waals surface area contributed by atoms with Crippen molar-refractivity contribution < 1.29 is 59.4 Å². The Morgan fingerprint density at radius 1 is 0.686 bits per heavy atom. The van der Waals surface area contributed by atoms with E-state index in [1.807, 2.05) is 54.6 Å². The van der Waals surface area contributed by atoms with E-state index in [1.54, 1.807) is 13.6 Å². The van der Waals surface area contributed by atoms with Crippen LogP contribution < -0.4 is 66.2 Å². The van der Waals surface area contributed by atoms with Crippen molar-refractivity contribution in [3.8, 4) is 12.1 Å². The van der Waals surface area contributed by atoms with Crippen molar-refractivity contribution in [2.75, 3.05) is 82.4 Å². The first kappa shape index (κ1) is 79.5. The summed E-state index contributed by atoms with van der Waals surface area (Å²) in [6.45, 7) is 25.1. The Hall–Kier alpha value is -4.52. The van der Waals surface area contributed by atoms with E-state index in [1.165, 1.54) is 76.2 Å². The van der Waals surface area contributed by atoms with Gasteiger partial charge in [-0.25, -0.2) is 4.85 Å². The Bertz CT molecular complexity index is 2490. The van der Waals surface area contributed by atoms with Crippen molar-refractivity contribution in [2.45, 2.75) is 159 Å². The number of piperidine rings is 5. The second kappa shape index (κ2) is 45.7. The molecule has 461 valence electrons. The zero-order valence-electron chi connectivity index (χ0n) is 51.8. The summed E-state index contributed by atoms with van der Waals surface area (Å²) in [5.41, 5.74) is 11.8. The largest absolute Gasteiger partial charge is 1.00 e. The van der Waals surface area contributed by atoms with E-state index in [0.29, 0.717) is 60.8 Å². The number of nitrogens with one attached hydrogen (secondary N) is 4. The third kappa shape index (κ3) is 27.9. The number of Topliss-reactive ketones (excluding diaryl/α,β-unsaturated/α-hetero) is 1. The smallest absolute Gasteiger partial charge is 0.512 e. The number of ketones is 1. The molecule has 0 aromatic heterocycles. The summed E-state index contributed by atoms with van der Waals surface area (Å²) in [5, 5.41) is 71.2. The second-order valence-corrected chi connectivity index (χ2v) is 22.9. The molecular weight excluding hydrogens is 1110 g/mol. The first-order valence-corrected chi connectivity index (χ1v) is 30.5. The zero-order chi connectivity index (χ0) is 60.4. The standard InChI is InChI=1S/C19H26N2.C18H27BN4O.C12H12N2O.C6H15BN2O.C6H11NO2.CN.CH4O.B.ClH.Na/c1-21-19-8-3-2-7-18(19)15-11-9-14(10-12-15)16-5-4-6-17(20)13-16;1-19(24)21-16-6-4-10-23(14-16)17-8-11-22(12-9-17)18-7-3-2-5-15(18)13-20;13-9-10-3-1-2-4-12(10)14-7-5-11(15)6-8-14;1-7(10)9-6-3-2-4-8-5-6;8-6(9)5-2-1-3-7-4-5;2*1-2;;;/h2-3,7-8,14-17H,4-6,9-13,20H2;2-3,5,7,16-17,21,24H,4,6,8-12,14H2,1H3;1-4H,5-8H2;6,8-10H,2-5H2,1H3;5,7H,1-4H2,(H,8,9);;2H,1H3;;1H;/q;;;;;-1;;;;+1. The fraction of sp³-hybridized carbons (Fsp3) is 0.619. The number of rotatable bonds is 10. The number of nitrogens with zero attached hydrogens (tertiary/aromatic N) is 7. The van der Waals surface area contributed by atoms with Crippen molar-refractivity contribution in [1.29, 1.82) is 15.8 Å². The van der Waals surface area contributed by atoms with E-state index in [0.717, 1.165) is 133 Å². The molecule has 7 aliphatic rings. The van der Waals surface area contributed by atoms with E-state index in [2.05, 4.69) is 71.0 Å². The van der Waals surface area contributed by atoms with Gasteiger partial charge in [-0.05, 0) is 171 Å². The number of likely N-dealkylation sites (tertiary alicyclic amines) is 1. The number of anilines is 2. The van der Waals surface area contributed by atoms with Crippen LogP contribution in [0.25, 0.3) is 4.85 Å². The molecule has 3 aromatic rings. The summed E-state index contributed by atoms with van der Waals surface area (Å²) in [5.74, 6) is 1.86. The van der Waals surface area contributed by atoms with Crippen LogP contribution in [0.1, 0.15) is 138 Å². The van der Waals surface area contributed by atoms with Crippen molar-refractivity contribution in [2.24, 2.45) is 23.5 Å². The fourth-order valence-corrected chi connectivity index (χ4v) is 12.9. The molecule has 86 heavy (non-hydrogen) atoms. The maximum Gasteiger partial charge on any atom is 1.00 e. The van der Waals surface area contributed by atoms with Crippen molar-refractivity contribution in [1.82, 2.24) is 26.0 Å². The molecule has 5 aliphatic heterocycles. The van der Waals surface area contributed by atoms with Crippen molar-refractivity contribution in [3.63, 3.8) is 0 Å². The molecular formula is C63H96B3ClN12NaO6. The Kier molecular flexibility index (Phi) is 42.2. The van der Waals surface area contributed by atoms with Gasteiger partial charge in [-0.3, -0.25) is 14.5 Å². The number of hydrogen-bond donors (Lipinski definition) is 9. The average molecular weight is 1210 g/mol. The van der Waals surface area contributed by atoms with Gasteiger partial charge in [0.05, 0.1) is 35.0 Å². The first-order valence-electron chi connectivity index (χ1n) is 30.5. The number of aliphatic carboxylic acids is 1. The van der Waals surface area contributed by atoms with Gasteiger partial charge in [0.1, 0.15) is 17.9 Å². The maximum absolute atomic E-state index is 11.1. The summed E-state index contributed by atoms with van der Waals surface area (Å²) in [7, 11) is 0.198. The molecule has 5 saturated heterocycles. The van der Waals surface area contributed by atoms with Crippen LogP contribution in [-0.4, -0.2) is 156 Å². The SMILES string of the molecule is CB(O)NC1CCCN(C2CCN(c3ccccc3C#N)CC2)C1.CB(O)NC1CCCNC1.CO.Cl.N#Cc1ccccc1N1CCC(=O)CC1.O=C(O)C1CCCNC1.[B].[C-]#N.[C-]#[N+]c1ccccc1C1CCC(C2CCCC(N)C2)CC1.[Na+]. The molecule has 5 unspecified atom stereocenters. The van der Waals surface area contributed by atoms with Gasteiger partial charge in [0.2, 0.25) is 0 Å². The number of carboxylic acid groups (broad SMARTS) is 1. The van der Waals surface area contributed by atoms with E-state index >= 15 is 0 Å². The van der Waals surface area contributed by atoms with Crippen LogP contribution in [0.4, 0.5) is 17.1 Å². The van der Waals surface area contributed by atoms with Crippen LogP contribution in [-0.2, 0) is 9.59 Å². The number of nitriles is 2. The molecule has 18 nitrogen and oxygen atoms in total. The maximum atomic E-state index is 11.1. The minimum atomic E-state index is -0.665. The minimum Gasteiger partial charge on any atom is -0.512 e. The van der Waals surface area contributed by atoms with Crippen LogP contribution >= 0.6 is 12.4 Å². The number of aliphatic hydroxyl groups excluding tert-OH is 1. The second-order valence-electron chi connectivity index (χ2n) is 22.9. The summed E-state index contributed by atoms with van der Waals surface area (Å²) in [6.07, 6.45) is 20.4. The fourth-order valence-electron chi connectivity index (χ4n) is 12.9. The molecule has 2 saturated carbocycles. The van der Waals surface area contributed by atoms with Crippen molar-refractivity contribution >= 4 is 63.7 Å². The summed E-state index contributed by atoms with van der Waals surface area (Å²) in [6, 6.07) is 30.0. The topological polar surface area (TPSA) is 275 Å². The van der Waals surface area contributed by atoms with E-state index in [-0.39, 0.29) is 63.3 Å². The van der Waals surface area contributed by atoms with Gasteiger partial charge in [0, 0.05) is 98.3 Å².